The lowest BCUT2D eigenvalue weighted by atomic mass is 10.1. The fraction of sp³-hybridized carbons (Fsp3) is 0.692. The Morgan fingerprint density at radius 2 is 2.38 bits per heavy atom. The van der Waals surface area contributed by atoms with Gasteiger partial charge in [0.25, 0.3) is 0 Å². The number of nitrogens with one attached hydrogen (secondary N) is 1. The molecule has 1 fully saturated rings. The van der Waals surface area contributed by atoms with Crippen molar-refractivity contribution in [2.45, 2.75) is 38.3 Å². The van der Waals surface area contributed by atoms with Gasteiger partial charge in [0, 0.05) is 25.6 Å². The molecule has 1 aliphatic carbocycles. The molecular formula is C13H21NO2. The molecular weight excluding hydrogens is 202 g/mol. The average Bonchev–Trinajstić information content (AvgIpc) is 2.98. The van der Waals surface area contributed by atoms with Crippen LogP contribution in [0.15, 0.2) is 22.8 Å². The van der Waals surface area contributed by atoms with Crippen LogP contribution in [0.25, 0.3) is 0 Å². The van der Waals surface area contributed by atoms with Gasteiger partial charge in [-0.3, -0.25) is 0 Å². The summed E-state index contributed by atoms with van der Waals surface area (Å²) in [6, 6.07) is 4.91. The average molecular weight is 223 g/mol. The molecule has 1 saturated carbocycles. The van der Waals surface area contributed by atoms with Gasteiger partial charge in [-0.05, 0) is 37.8 Å². The highest BCUT2D eigenvalue weighted by Crippen LogP contribution is 2.33. The Morgan fingerprint density at radius 1 is 1.56 bits per heavy atom. The molecule has 3 nitrogen and oxygen atoms in total. The Bertz CT molecular complexity index is 293. The molecule has 0 saturated heterocycles. The van der Waals surface area contributed by atoms with E-state index in [1.54, 1.807) is 13.4 Å². The van der Waals surface area contributed by atoms with Crippen LogP contribution in [-0.4, -0.2) is 25.8 Å². The van der Waals surface area contributed by atoms with Crippen molar-refractivity contribution in [3.8, 4) is 0 Å². The maximum atomic E-state index is 5.35. The smallest absolute Gasteiger partial charge is 0.105 e. The molecule has 1 aromatic heterocycles. The van der Waals surface area contributed by atoms with Crippen LogP contribution >= 0.6 is 0 Å². The Kier molecular flexibility index (Phi) is 4.02. The highest BCUT2D eigenvalue weighted by molar-refractivity contribution is 5.00. The van der Waals surface area contributed by atoms with Gasteiger partial charge in [0.15, 0.2) is 0 Å². The van der Waals surface area contributed by atoms with Crippen LogP contribution in [0.1, 0.15) is 25.5 Å². The molecule has 1 heterocycles. The van der Waals surface area contributed by atoms with E-state index >= 15 is 0 Å². The minimum atomic E-state index is 0.437. The molecule has 1 aliphatic rings. The van der Waals surface area contributed by atoms with Crippen molar-refractivity contribution < 1.29 is 9.15 Å². The van der Waals surface area contributed by atoms with Gasteiger partial charge in [-0.2, -0.15) is 0 Å². The topological polar surface area (TPSA) is 34.4 Å². The predicted octanol–water partition coefficient (Wildman–Crippen LogP) is 2.23. The summed E-state index contributed by atoms with van der Waals surface area (Å²) in [6.45, 7) is 3.01. The molecule has 0 bridgehead atoms. The fourth-order valence-corrected chi connectivity index (χ4v) is 2.15. The summed E-state index contributed by atoms with van der Waals surface area (Å²) in [5.41, 5.74) is 0. The highest BCUT2D eigenvalue weighted by Gasteiger charge is 2.31. The molecule has 90 valence electrons. The van der Waals surface area contributed by atoms with Crippen molar-refractivity contribution in [2.24, 2.45) is 5.92 Å². The van der Waals surface area contributed by atoms with Gasteiger partial charge in [-0.1, -0.05) is 0 Å². The van der Waals surface area contributed by atoms with E-state index < -0.39 is 0 Å². The van der Waals surface area contributed by atoms with Gasteiger partial charge >= 0.3 is 0 Å². The maximum absolute atomic E-state index is 5.35. The van der Waals surface area contributed by atoms with Crippen LogP contribution in [0.4, 0.5) is 0 Å². The lowest BCUT2D eigenvalue weighted by Crippen LogP contribution is -2.41. The van der Waals surface area contributed by atoms with E-state index in [1.165, 1.54) is 12.8 Å². The first-order valence-corrected chi connectivity index (χ1v) is 6.07. The third-order valence-corrected chi connectivity index (χ3v) is 3.12. The van der Waals surface area contributed by atoms with E-state index in [4.69, 9.17) is 9.15 Å². The third-order valence-electron chi connectivity index (χ3n) is 3.12. The minimum absolute atomic E-state index is 0.437. The largest absolute Gasteiger partial charge is 0.469 e. The molecule has 3 heteroatoms. The zero-order chi connectivity index (χ0) is 11.4. The Morgan fingerprint density at radius 3 is 2.94 bits per heavy atom. The summed E-state index contributed by atoms with van der Waals surface area (Å²) in [5.74, 6) is 1.87. The van der Waals surface area contributed by atoms with E-state index in [0.29, 0.717) is 12.1 Å². The van der Waals surface area contributed by atoms with E-state index in [2.05, 4.69) is 12.2 Å². The van der Waals surface area contributed by atoms with Gasteiger partial charge < -0.3 is 14.5 Å². The molecule has 16 heavy (non-hydrogen) atoms. The quantitative estimate of drug-likeness (QED) is 0.769. The molecule has 0 amide bonds. The maximum Gasteiger partial charge on any atom is 0.105 e. The number of hydrogen-bond donors (Lipinski definition) is 1. The summed E-state index contributed by atoms with van der Waals surface area (Å²) < 4.78 is 10.6. The standard InChI is InChI=1S/C13H21NO2/c1-10(8-12-4-3-7-16-12)14-13(9-15-2)11-5-6-11/h3-4,7,10-11,13-14H,5-6,8-9H2,1-2H3. The Labute approximate surface area is 97.2 Å². The van der Waals surface area contributed by atoms with Crippen LogP contribution in [0.2, 0.25) is 0 Å². The second kappa shape index (κ2) is 5.51. The third kappa shape index (κ3) is 3.35. The van der Waals surface area contributed by atoms with Crippen LogP contribution in [-0.2, 0) is 11.2 Å². The highest BCUT2D eigenvalue weighted by atomic mass is 16.5. The molecule has 2 unspecified atom stereocenters. The van der Waals surface area contributed by atoms with E-state index in [-0.39, 0.29) is 0 Å². The Balaban J connectivity index is 1.78. The summed E-state index contributed by atoms with van der Waals surface area (Å²) in [5, 5.41) is 3.63. The predicted molar refractivity (Wildman–Crippen MR) is 63.4 cm³/mol. The lowest BCUT2D eigenvalue weighted by Gasteiger charge is -2.22. The first-order valence-electron chi connectivity index (χ1n) is 6.07. The molecule has 1 aromatic rings. The summed E-state index contributed by atoms with van der Waals surface area (Å²) in [6.07, 6.45) is 5.36. The van der Waals surface area contributed by atoms with Gasteiger partial charge in [-0.25, -0.2) is 0 Å². The SMILES string of the molecule is COCC(NC(C)Cc1ccco1)C1CC1. The first kappa shape index (κ1) is 11.7. The number of ether oxygens (including phenoxy) is 1. The normalized spacial score (nSPS) is 19.6. The van der Waals surface area contributed by atoms with Gasteiger partial charge in [-0.15, -0.1) is 0 Å². The van der Waals surface area contributed by atoms with Crippen molar-refractivity contribution in [3.63, 3.8) is 0 Å². The molecule has 0 radical (unpaired) electrons. The van der Waals surface area contributed by atoms with Gasteiger partial charge in [0.1, 0.15) is 5.76 Å². The van der Waals surface area contributed by atoms with E-state index in [0.717, 1.165) is 24.7 Å². The molecule has 1 N–H and O–H groups in total. The molecule has 2 atom stereocenters. The molecule has 0 spiro atoms. The van der Waals surface area contributed by atoms with Crippen LogP contribution in [0, 0.1) is 5.92 Å². The lowest BCUT2D eigenvalue weighted by molar-refractivity contribution is 0.151. The van der Waals surface area contributed by atoms with Crippen molar-refractivity contribution in [2.75, 3.05) is 13.7 Å². The summed E-state index contributed by atoms with van der Waals surface area (Å²) in [7, 11) is 1.77. The van der Waals surface area contributed by atoms with Crippen LogP contribution < -0.4 is 5.32 Å². The van der Waals surface area contributed by atoms with Crippen molar-refractivity contribution in [3.05, 3.63) is 24.2 Å². The zero-order valence-electron chi connectivity index (χ0n) is 10.1. The molecule has 2 rings (SSSR count). The zero-order valence-corrected chi connectivity index (χ0v) is 10.1. The number of furan rings is 1. The number of rotatable bonds is 7. The number of hydrogen-bond acceptors (Lipinski definition) is 3. The Hall–Kier alpha value is -0.800. The van der Waals surface area contributed by atoms with E-state index in [1.807, 2.05) is 12.1 Å². The van der Waals surface area contributed by atoms with Crippen molar-refractivity contribution in [1.29, 1.82) is 0 Å². The minimum Gasteiger partial charge on any atom is -0.469 e. The second-order valence-electron chi connectivity index (χ2n) is 4.75. The number of methoxy groups -OCH3 is 1. The first-order chi connectivity index (χ1) is 7.79. The monoisotopic (exact) mass is 223 g/mol. The van der Waals surface area contributed by atoms with E-state index in [9.17, 15) is 0 Å². The fourth-order valence-electron chi connectivity index (χ4n) is 2.15. The van der Waals surface area contributed by atoms with Gasteiger partial charge in [0.05, 0.1) is 12.9 Å². The molecule has 0 aliphatic heterocycles. The van der Waals surface area contributed by atoms with Crippen LogP contribution in [0.3, 0.4) is 0 Å². The summed E-state index contributed by atoms with van der Waals surface area (Å²) in [4.78, 5) is 0. The molecule has 0 aromatic carbocycles. The van der Waals surface area contributed by atoms with Crippen LogP contribution in [0.5, 0.6) is 0 Å². The van der Waals surface area contributed by atoms with Crippen molar-refractivity contribution in [1.82, 2.24) is 5.32 Å². The van der Waals surface area contributed by atoms with Crippen molar-refractivity contribution >= 4 is 0 Å². The second-order valence-corrected chi connectivity index (χ2v) is 4.75. The van der Waals surface area contributed by atoms with Gasteiger partial charge in [0.2, 0.25) is 0 Å². The summed E-state index contributed by atoms with van der Waals surface area (Å²) >= 11 is 0.